The Hall–Kier alpha value is 0.560. The van der Waals surface area contributed by atoms with E-state index in [4.69, 9.17) is 0 Å². The second-order valence-electron chi connectivity index (χ2n) is 4.70. The third kappa shape index (κ3) is 3.81. The van der Waals surface area contributed by atoms with E-state index >= 15 is 0 Å². The Labute approximate surface area is 126 Å². The van der Waals surface area contributed by atoms with Crippen molar-refractivity contribution in [1.82, 2.24) is 0 Å². The number of thiophene rings is 1. The van der Waals surface area contributed by atoms with Gasteiger partial charge in [0, 0.05) is 9.75 Å². The van der Waals surface area contributed by atoms with Gasteiger partial charge in [-0.1, -0.05) is 57.4 Å². The fourth-order valence-electron chi connectivity index (χ4n) is 2.72. The molecule has 0 saturated carbocycles. The van der Waals surface area contributed by atoms with Crippen molar-refractivity contribution in [1.29, 1.82) is 0 Å². The highest BCUT2D eigenvalue weighted by Crippen LogP contribution is 2.44. The zero-order valence-electron chi connectivity index (χ0n) is 13.5. The van der Waals surface area contributed by atoms with Gasteiger partial charge in [0.2, 0.25) is 0 Å². The lowest BCUT2D eigenvalue weighted by atomic mass is 10.3. The first-order valence-corrected chi connectivity index (χ1v) is 12.1. The van der Waals surface area contributed by atoms with Crippen molar-refractivity contribution in [2.45, 2.75) is 54.4 Å². The van der Waals surface area contributed by atoms with Crippen LogP contribution in [0.4, 0.5) is 0 Å². The predicted octanol–water partition coefficient (Wildman–Crippen LogP) is 5.17. The second kappa shape index (κ2) is 8.76. The Balaban J connectivity index is 3.41. The summed E-state index contributed by atoms with van der Waals surface area (Å²) >= 11 is 2.14. The van der Waals surface area contributed by atoms with Crippen LogP contribution in [0.1, 0.15) is 51.3 Å². The predicted molar refractivity (Wildman–Crippen MR) is 98.3 cm³/mol. The number of rotatable bonds is 8. The van der Waals surface area contributed by atoms with Gasteiger partial charge in [0.05, 0.1) is 0 Å². The van der Waals surface area contributed by atoms with E-state index in [0.717, 1.165) is 0 Å². The highest BCUT2D eigenvalue weighted by molar-refractivity contribution is 7.73. The zero-order chi connectivity index (χ0) is 14.4. The van der Waals surface area contributed by atoms with Gasteiger partial charge >= 0.3 is 0 Å². The lowest BCUT2D eigenvalue weighted by Gasteiger charge is -2.22. The fourth-order valence-corrected chi connectivity index (χ4v) is 9.80. The summed E-state index contributed by atoms with van der Waals surface area (Å²) < 4.78 is 0. The van der Waals surface area contributed by atoms with Crippen LogP contribution >= 0.6 is 27.2 Å². The van der Waals surface area contributed by atoms with Crippen LogP contribution in [0, 0.1) is 0 Å². The van der Waals surface area contributed by atoms with E-state index in [0.29, 0.717) is 0 Å². The summed E-state index contributed by atoms with van der Waals surface area (Å²) in [6.45, 7) is 14.3. The molecule has 3 heteroatoms. The van der Waals surface area contributed by atoms with Gasteiger partial charge in [-0.15, -0.1) is 11.3 Å². The maximum atomic E-state index is 2.39. The van der Waals surface area contributed by atoms with Crippen LogP contribution in [-0.4, -0.2) is 24.6 Å². The van der Waals surface area contributed by atoms with Gasteiger partial charge in [-0.25, -0.2) is 0 Å². The minimum absolute atomic E-state index is 0.0991. The molecule has 0 aliphatic carbocycles. The fraction of sp³-hybridized carbons (Fsp3) is 0.750. The van der Waals surface area contributed by atoms with E-state index in [1.807, 2.05) is 10.6 Å². The molecular weight excluding hydrogens is 286 g/mol. The molecule has 0 N–H and O–H groups in total. The highest BCUT2D eigenvalue weighted by atomic mass is 32.1. The third-order valence-electron chi connectivity index (χ3n) is 3.80. The molecule has 0 fully saturated rings. The minimum atomic E-state index is 0.0991. The minimum Gasteiger partial charge on any atom is -0.144 e. The highest BCUT2D eigenvalue weighted by Gasteiger charge is 2.25. The van der Waals surface area contributed by atoms with Gasteiger partial charge in [0.15, 0.2) is 0 Å². The van der Waals surface area contributed by atoms with Crippen LogP contribution in [-0.2, 0) is 12.8 Å². The van der Waals surface area contributed by atoms with Crippen LogP contribution in [0.3, 0.4) is 0 Å². The molecule has 0 bridgehead atoms. The normalized spacial score (nSPS) is 11.8. The van der Waals surface area contributed by atoms with Gasteiger partial charge in [-0.3, -0.25) is 0 Å². The largest absolute Gasteiger partial charge is 0.144 e. The van der Waals surface area contributed by atoms with Crippen molar-refractivity contribution < 1.29 is 0 Å². The van der Waals surface area contributed by atoms with Crippen LogP contribution in [0.5, 0.6) is 0 Å². The maximum absolute atomic E-state index is 2.39. The average Bonchev–Trinajstić information content (AvgIpc) is 2.81. The van der Waals surface area contributed by atoms with Crippen molar-refractivity contribution in [3.63, 3.8) is 0 Å². The van der Waals surface area contributed by atoms with Crippen LogP contribution < -0.4 is 10.6 Å². The molecule has 19 heavy (non-hydrogen) atoms. The molecule has 0 saturated heterocycles. The summed E-state index contributed by atoms with van der Waals surface area (Å²) in [5, 5.41) is 3.69. The molecule has 1 aromatic rings. The number of aryl methyl sites for hydroxylation is 2. The molecular formula is C16H30P2S. The molecule has 0 radical (unpaired) electrons. The first-order chi connectivity index (χ1) is 9.18. The van der Waals surface area contributed by atoms with E-state index in [1.54, 1.807) is 9.75 Å². The molecule has 0 aliphatic heterocycles. The summed E-state index contributed by atoms with van der Waals surface area (Å²) in [5.41, 5.74) is 0. The van der Waals surface area contributed by atoms with Crippen LogP contribution in [0.25, 0.3) is 0 Å². The molecule has 0 nitrogen and oxygen atoms in total. The Bertz CT molecular complexity index is 342. The quantitative estimate of drug-likeness (QED) is 0.581. The second-order valence-corrected chi connectivity index (χ2v) is 11.5. The Morgan fingerprint density at radius 2 is 0.947 bits per heavy atom. The van der Waals surface area contributed by atoms with Gasteiger partial charge in [0.25, 0.3) is 0 Å². The Kier molecular flexibility index (Phi) is 8.12. The average molecular weight is 316 g/mol. The molecule has 1 aromatic heterocycles. The smallest absolute Gasteiger partial charge is 0.0129 e. The van der Waals surface area contributed by atoms with E-state index < -0.39 is 0 Å². The Morgan fingerprint density at radius 1 is 0.632 bits per heavy atom. The van der Waals surface area contributed by atoms with E-state index in [-0.39, 0.29) is 15.8 Å². The lowest BCUT2D eigenvalue weighted by molar-refractivity contribution is 1.19. The number of hydrogen-bond donors (Lipinski definition) is 0. The first kappa shape index (κ1) is 17.6. The molecule has 110 valence electrons. The molecule has 1 rings (SSSR count). The van der Waals surface area contributed by atoms with Crippen molar-refractivity contribution in [3.8, 4) is 0 Å². The summed E-state index contributed by atoms with van der Waals surface area (Å²) in [6, 6.07) is 0. The van der Waals surface area contributed by atoms with Crippen molar-refractivity contribution in [3.05, 3.63) is 9.75 Å². The van der Waals surface area contributed by atoms with Gasteiger partial charge in [-0.05, 0) is 48.1 Å². The van der Waals surface area contributed by atoms with Gasteiger partial charge in [-0.2, -0.15) is 0 Å². The summed E-state index contributed by atoms with van der Waals surface area (Å²) in [7, 11) is 0.198. The molecule has 0 atom stereocenters. The molecule has 1 heterocycles. The van der Waals surface area contributed by atoms with E-state index in [9.17, 15) is 0 Å². The maximum Gasteiger partial charge on any atom is 0.0129 e. The molecule has 0 aromatic carbocycles. The molecule has 0 spiro atoms. The van der Waals surface area contributed by atoms with Gasteiger partial charge in [0.1, 0.15) is 0 Å². The first-order valence-electron chi connectivity index (χ1n) is 7.82. The summed E-state index contributed by atoms with van der Waals surface area (Å²) in [6.07, 6.45) is 7.93. The molecule has 0 aliphatic rings. The monoisotopic (exact) mass is 316 g/mol. The number of hydrogen-bond acceptors (Lipinski definition) is 1. The van der Waals surface area contributed by atoms with E-state index in [1.165, 1.54) is 37.5 Å². The van der Waals surface area contributed by atoms with Crippen molar-refractivity contribution in [2.75, 3.05) is 24.6 Å². The standard InChI is InChI=1S/C16H30P2S/c1-7-13-15(17(9-3)10-4)16(14(8-2)19-13)18(11-5)12-6/h7-12H2,1-6H3. The zero-order valence-corrected chi connectivity index (χ0v) is 16.2. The summed E-state index contributed by atoms with van der Waals surface area (Å²) in [5.74, 6) is 0. The molecule has 0 amide bonds. The lowest BCUT2D eigenvalue weighted by Crippen LogP contribution is -2.25. The van der Waals surface area contributed by atoms with Crippen LogP contribution in [0.15, 0.2) is 0 Å². The topological polar surface area (TPSA) is 0 Å². The van der Waals surface area contributed by atoms with Crippen molar-refractivity contribution >= 4 is 37.8 Å². The van der Waals surface area contributed by atoms with Crippen LogP contribution in [0.2, 0.25) is 0 Å². The van der Waals surface area contributed by atoms with Gasteiger partial charge < -0.3 is 0 Å². The SMILES string of the molecule is CCc1sc(CC)c(P(CC)CC)c1P(CC)CC. The third-order valence-corrected chi connectivity index (χ3v) is 11.1. The Morgan fingerprint density at radius 3 is 1.16 bits per heavy atom. The molecule has 0 unspecified atom stereocenters. The summed E-state index contributed by atoms with van der Waals surface area (Å²) in [4.78, 5) is 3.44. The van der Waals surface area contributed by atoms with Crippen molar-refractivity contribution in [2.24, 2.45) is 0 Å². The van der Waals surface area contributed by atoms with E-state index in [2.05, 4.69) is 52.9 Å².